The zero-order chi connectivity index (χ0) is 22.5. The highest BCUT2D eigenvalue weighted by molar-refractivity contribution is 7.99. The second-order valence-electron chi connectivity index (χ2n) is 7.68. The van der Waals surface area contributed by atoms with E-state index in [1.165, 1.54) is 22.9 Å². The molecule has 0 saturated carbocycles. The lowest BCUT2D eigenvalue weighted by atomic mass is 10.1. The fraction of sp³-hybridized carbons (Fsp3) is 0.375. The van der Waals surface area contributed by atoms with Gasteiger partial charge in [-0.05, 0) is 82.0 Å². The van der Waals surface area contributed by atoms with Gasteiger partial charge in [0, 0.05) is 12.2 Å². The predicted octanol–water partition coefficient (Wildman–Crippen LogP) is 5.40. The quantitative estimate of drug-likeness (QED) is 0.477. The molecule has 2 aromatic carbocycles. The van der Waals surface area contributed by atoms with Gasteiger partial charge in [0.15, 0.2) is 17.1 Å². The molecule has 6 nitrogen and oxygen atoms in total. The van der Waals surface area contributed by atoms with Crippen LogP contribution in [0.5, 0.6) is 5.75 Å². The van der Waals surface area contributed by atoms with Gasteiger partial charge in [0.1, 0.15) is 5.75 Å². The summed E-state index contributed by atoms with van der Waals surface area (Å²) in [4.78, 5) is 12.4. The first-order chi connectivity index (χ1) is 14.8. The molecule has 3 rings (SSSR count). The van der Waals surface area contributed by atoms with Gasteiger partial charge in [-0.1, -0.05) is 30.0 Å². The van der Waals surface area contributed by atoms with E-state index in [0.29, 0.717) is 11.7 Å². The van der Waals surface area contributed by atoms with Crippen LogP contribution < -0.4 is 10.1 Å². The molecule has 1 N–H and O–H groups in total. The largest absolute Gasteiger partial charge is 0.482 e. The van der Waals surface area contributed by atoms with E-state index in [4.69, 9.17) is 4.74 Å². The van der Waals surface area contributed by atoms with Gasteiger partial charge in [-0.25, -0.2) is 0 Å². The Labute approximate surface area is 188 Å². The number of ether oxygens (including phenoxy) is 1. The number of nitrogens with zero attached hydrogens (tertiary/aromatic N) is 3. The van der Waals surface area contributed by atoms with Crippen LogP contribution in [0.2, 0.25) is 0 Å². The highest BCUT2D eigenvalue weighted by atomic mass is 32.2. The smallest absolute Gasteiger partial charge is 0.234 e. The Kier molecular flexibility index (Phi) is 7.38. The van der Waals surface area contributed by atoms with Crippen molar-refractivity contribution < 1.29 is 9.53 Å². The lowest BCUT2D eigenvalue weighted by molar-refractivity contribution is -0.113. The summed E-state index contributed by atoms with van der Waals surface area (Å²) in [6.45, 7) is 12.9. The molecular weight excluding hydrogens is 408 g/mol. The summed E-state index contributed by atoms with van der Waals surface area (Å²) in [5.41, 5.74) is 5.47. The fourth-order valence-electron chi connectivity index (χ4n) is 3.25. The first-order valence-electron chi connectivity index (χ1n) is 10.5. The van der Waals surface area contributed by atoms with E-state index in [2.05, 4.69) is 42.4 Å². The van der Waals surface area contributed by atoms with Crippen molar-refractivity contribution in [1.82, 2.24) is 14.8 Å². The van der Waals surface area contributed by atoms with Gasteiger partial charge < -0.3 is 14.6 Å². The summed E-state index contributed by atoms with van der Waals surface area (Å²) in [6.07, 6.45) is -0.258. The van der Waals surface area contributed by atoms with Crippen molar-refractivity contribution in [3.63, 3.8) is 0 Å². The van der Waals surface area contributed by atoms with E-state index in [0.717, 1.165) is 28.4 Å². The van der Waals surface area contributed by atoms with Crippen molar-refractivity contribution in [3.05, 3.63) is 64.5 Å². The molecule has 0 radical (unpaired) electrons. The van der Waals surface area contributed by atoms with E-state index < -0.39 is 0 Å². The van der Waals surface area contributed by atoms with Gasteiger partial charge in [0.25, 0.3) is 0 Å². The minimum absolute atomic E-state index is 0.0693. The fourth-order valence-corrected chi connectivity index (χ4v) is 4.06. The van der Waals surface area contributed by atoms with Crippen molar-refractivity contribution in [2.75, 3.05) is 11.1 Å². The maximum Gasteiger partial charge on any atom is 0.234 e. The maximum atomic E-state index is 12.4. The second kappa shape index (κ2) is 10.0. The number of carbonyl (C=O) groups is 1. The number of thioether (sulfide) groups is 1. The van der Waals surface area contributed by atoms with E-state index in [1.807, 2.05) is 55.7 Å². The zero-order valence-corrected chi connectivity index (χ0v) is 19.8. The van der Waals surface area contributed by atoms with Crippen molar-refractivity contribution in [3.8, 4) is 5.75 Å². The average Bonchev–Trinajstić information content (AvgIpc) is 3.15. The Bertz CT molecular complexity index is 1080. The van der Waals surface area contributed by atoms with Crippen molar-refractivity contribution >= 4 is 23.4 Å². The third-order valence-corrected chi connectivity index (χ3v) is 6.37. The molecule has 164 valence electrons. The number of nitrogens with one attached hydrogen (secondary N) is 1. The topological polar surface area (TPSA) is 69.0 Å². The number of aryl methyl sites for hydroxylation is 3. The van der Waals surface area contributed by atoms with Gasteiger partial charge in [0.05, 0.1) is 5.75 Å². The van der Waals surface area contributed by atoms with Crippen molar-refractivity contribution in [1.29, 1.82) is 0 Å². The molecule has 1 heterocycles. The van der Waals surface area contributed by atoms with Crippen LogP contribution in [0, 0.1) is 27.7 Å². The van der Waals surface area contributed by atoms with Gasteiger partial charge >= 0.3 is 0 Å². The van der Waals surface area contributed by atoms with Gasteiger partial charge in [-0.15, -0.1) is 10.2 Å². The van der Waals surface area contributed by atoms with Crippen LogP contribution in [0.15, 0.2) is 41.6 Å². The van der Waals surface area contributed by atoms with E-state index in [-0.39, 0.29) is 17.8 Å². The Morgan fingerprint density at radius 3 is 2.58 bits per heavy atom. The van der Waals surface area contributed by atoms with Gasteiger partial charge in [0.2, 0.25) is 5.91 Å². The SMILES string of the molecule is CCn1c(SCC(=O)Nc2ccc(C)c(C)c2)nnc1C(C)Oc1cccc(C)c1C. The molecule has 1 unspecified atom stereocenters. The van der Waals surface area contributed by atoms with Gasteiger partial charge in [-0.3, -0.25) is 4.79 Å². The van der Waals surface area contributed by atoms with Gasteiger partial charge in [-0.2, -0.15) is 0 Å². The Morgan fingerprint density at radius 2 is 1.87 bits per heavy atom. The molecule has 3 aromatic rings. The number of benzene rings is 2. The molecular formula is C24H30N4O2S. The molecule has 0 aliphatic carbocycles. The Balaban J connectivity index is 1.65. The highest BCUT2D eigenvalue weighted by Gasteiger charge is 2.20. The van der Waals surface area contributed by atoms with Crippen LogP contribution >= 0.6 is 11.8 Å². The molecule has 0 bridgehead atoms. The summed E-state index contributed by atoms with van der Waals surface area (Å²) in [5, 5.41) is 12.3. The normalized spacial score (nSPS) is 11.9. The minimum Gasteiger partial charge on any atom is -0.482 e. The molecule has 1 amide bonds. The Hall–Kier alpha value is -2.80. The van der Waals surface area contributed by atoms with Crippen LogP contribution in [-0.4, -0.2) is 26.4 Å². The first-order valence-corrected chi connectivity index (χ1v) is 11.4. The lowest BCUT2D eigenvalue weighted by Crippen LogP contribution is -2.15. The minimum atomic E-state index is -0.258. The van der Waals surface area contributed by atoms with E-state index in [9.17, 15) is 4.79 Å². The van der Waals surface area contributed by atoms with Crippen molar-refractivity contribution in [2.45, 2.75) is 59.3 Å². The summed E-state index contributed by atoms with van der Waals surface area (Å²) in [7, 11) is 0. The monoisotopic (exact) mass is 438 g/mol. The molecule has 0 aliphatic heterocycles. The second-order valence-corrected chi connectivity index (χ2v) is 8.62. The zero-order valence-electron chi connectivity index (χ0n) is 19.0. The number of hydrogen-bond donors (Lipinski definition) is 1. The number of hydrogen-bond acceptors (Lipinski definition) is 5. The van der Waals surface area contributed by atoms with Crippen LogP contribution in [-0.2, 0) is 11.3 Å². The number of carbonyl (C=O) groups excluding carboxylic acids is 1. The molecule has 0 aliphatic rings. The number of amides is 1. The lowest BCUT2D eigenvalue weighted by Gasteiger charge is -2.17. The van der Waals surface area contributed by atoms with Crippen LogP contribution in [0.1, 0.15) is 48.0 Å². The molecule has 0 saturated heterocycles. The van der Waals surface area contributed by atoms with Crippen LogP contribution in [0.3, 0.4) is 0 Å². The third kappa shape index (κ3) is 5.47. The maximum absolute atomic E-state index is 12.4. The number of anilines is 1. The summed E-state index contributed by atoms with van der Waals surface area (Å²) >= 11 is 1.38. The molecule has 0 fully saturated rings. The number of aromatic nitrogens is 3. The van der Waals surface area contributed by atoms with Crippen LogP contribution in [0.4, 0.5) is 5.69 Å². The summed E-state index contributed by atoms with van der Waals surface area (Å²) in [6, 6.07) is 11.9. The predicted molar refractivity (Wildman–Crippen MR) is 126 cm³/mol. The molecule has 0 spiro atoms. The highest BCUT2D eigenvalue weighted by Crippen LogP contribution is 2.28. The first kappa shape index (κ1) is 22.9. The molecule has 1 atom stereocenters. The van der Waals surface area contributed by atoms with Crippen LogP contribution in [0.25, 0.3) is 0 Å². The van der Waals surface area contributed by atoms with E-state index in [1.54, 1.807) is 0 Å². The Morgan fingerprint density at radius 1 is 1.10 bits per heavy atom. The third-order valence-electron chi connectivity index (χ3n) is 5.41. The van der Waals surface area contributed by atoms with Crippen molar-refractivity contribution in [2.24, 2.45) is 0 Å². The number of rotatable bonds is 8. The summed E-state index contributed by atoms with van der Waals surface area (Å²) < 4.78 is 8.19. The van der Waals surface area contributed by atoms with E-state index >= 15 is 0 Å². The standard InChI is InChI=1S/C24H30N4O2S/c1-7-28-23(19(6)30-21-10-8-9-16(3)18(21)5)26-27-24(28)31-14-22(29)25-20-12-11-15(2)17(4)13-20/h8-13,19H,7,14H2,1-6H3,(H,25,29). The molecule has 7 heteroatoms. The molecule has 31 heavy (non-hydrogen) atoms. The average molecular weight is 439 g/mol. The summed E-state index contributed by atoms with van der Waals surface area (Å²) in [5.74, 6) is 1.79. The molecule has 1 aromatic heterocycles.